The average Bonchev–Trinajstić information content (AvgIpc) is 2.82. The van der Waals surface area contributed by atoms with Gasteiger partial charge in [-0.3, -0.25) is 0 Å². The number of hydrogen-bond donors (Lipinski definition) is 0. The molecule has 0 aliphatic carbocycles. The SMILES string of the molecule is COC(=O)C1=C(C(=O)OC)N(c2cccc(F)c2C(F)F)C=CC=C1. The van der Waals surface area contributed by atoms with Crippen LogP contribution in [0.25, 0.3) is 0 Å². The summed E-state index contributed by atoms with van der Waals surface area (Å²) >= 11 is 0. The number of rotatable bonds is 4. The molecule has 25 heavy (non-hydrogen) atoms. The smallest absolute Gasteiger partial charge is 0.355 e. The minimum atomic E-state index is -3.14. The first-order chi connectivity index (χ1) is 11.9. The number of carbonyl (C=O) groups excluding carboxylic acids is 2. The number of ether oxygens (including phenoxy) is 2. The van der Waals surface area contributed by atoms with Crippen LogP contribution in [0.1, 0.15) is 12.0 Å². The van der Waals surface area contributed by atoms with Crippen LogP contribution in [0.15, 0.2) is 53.9 Å². The number of allylic oxidation sites excluding steroid dienone is 2. The molecule has 0 amide bonds. The van der Waals surface area contributed by atoms with E-state index in [1.807, 2.05) is 0 Å². The summed E-state index contributed by atoms with van der Waals surface area (Å²) in [5, 5.41) is 0. The molecule has 1 aliphatic rings. The fourth-order valence-electron chi connectivity index (χ4n) is 2.30. The molecule has 0 N–H and O–H groups in total. The lowest BCUT2D eigenvalue weighted by Crippen LogP contribution is -2.28. The second-order valence-corrected chi connectivity index (χ2v) is 4.79. The average molecular weight is 353 g/mol. The van der Waals surface area contributed by atoms with Crippen LogP contribution in [-0.4, -0.2) is 26.2 Å². The highest BCUT2D eigenvalue weighted by Gasteiger charge is 2.30. The Labute approximate surface area is 141 Å². The number of carbonyl (C=O) groups is 2. The normalized spacial score (nSPS) is 13.9. The van der Waals surface area contributed by atoms with Gasteiger partial charge in [0.1, 0.15) is 11.5 Å². The van der Waals surface area contributed by atoms with E-state index in [1.165, 1.54) is 36.6 Å². The molecule has 0 fully saturated rings. The van der Waals surface area contributed by atoms with E-state index in [0.29, 0.717) is 0 Å². The van der Waals surface area contributed by atoms with E-state index in [-0.39, 0.29) is 17.0 Å². The second kappa shape index (κ2) is 7.69. The number of alkyl halides is 2. The third kappa shape index (κ3) is 3.57. The zero-order valence-electron chi connectivity index (χ0n) is 13.3. The first-order valence-electron chi connectivity index (χ1n) is 7.04. The van der Waals surface area contributed by atoms with Crippen molar-refractivity contribution >= 4 is 17.6 Å². The molecule has 132 valence electrons. The van der Waals surface area contributed by atoms with Gasteiger partial charge in [-0.2, -0.15) is 0 Å². The highest BCUT2D eigenvalue weighted by molar-refractivity contribution is 6.05. The van der Waals surface area contributed by atoms with Gasteiger partial charge in [0.25, 0.3) is 6.43 Å². The lowest BCUT2D eigenvalue weighted by Gasteiger charge is -2.25. The van der Waals surface area contributed by atoms with Crippen molar-refractivity contribution < 1.29 is 32.2 Å². The maximum absolute atomic E-state index is 13.9. The topological polar surface area (TPSA) is 55.8 Å². The molecule has 0 atom stereocenters. The molecule has 1 aromatic rings. The second-order valence-electron chi connectivity index (χ2n) is 4.79. The number of nitrogens with zero attached hydrogens (tertiary/aromatic N) is 1. The molecular weight excluding hydrogens is 339 g/mol. The molecule has 1 aromatic carbocycles. The largest absolute Gasteiger partial charge is 0.465 e. The molecule has 1 aliphatic heterocycles. The molecule has 0 bridgehead atoms. The van der Waals surface area contributed by atoms with Crippen LogP contribution in [0.5, 0.6) is 0 Å². The molecule has 0 saturated heterocycles. The van der Waals surface area contributed by atoms with Crippen LogP contribution in [-0.2, 0) is 19.1 Å². The molecule has 0 aromatic heterocycles. The van der Waals surface area contributed by atoms with Crippen LogP contribution < -0.4 is 4.90 Å². The number of benzene rings is 1. The predicted molar refractivity (Wildman–Crippen MR) is 83.2 cm³/mol. The van der Waals surface area contributed by atoms with Crippen molar-refractivity contribution in [1.29, 1.82) is 0 Å². The van der Waals surface area contributed by atoms with Gasteiger partial charge in [-0.25, -0.2) is 22.8 Å². The molecule has 5 nitrogen and oxygen atoms in total. The summed E-state index contributed by atoms with van der Waals surface area (Å²) in [4.78, 5) is 25.2. The Balaban J connectivity index is 2.76. The summed E-state index contributed by atoms with van der Waals surface area (Å²) < 4.78 is 49.9. The Hall–Kier alpha value is -3.03. The Bertz CT molecular complexity index is 784. The maximum Gasteiger partial charge on any atom is 0.355 e. The first-order valence-corrected chi connectivity index (χ1v) is 7.04. The lowest BCUT2D eigenvalue weighted by molar-refractivity contribution is -0.139. The van der Waals surface area contributed by atoms with Crippen LogP contribution in [0.4, 0.5) is 18.9 Å². The number of halogens is 3. The van der Waals surface area contributed by atoms with E-state index in [0.717, 1.165) is 25.2 Å². The highest BCUT2D eigenvalue weighted by Crippen LogP contribution is 2.36. The van der Waals surface area contributed by atoms with Crippen molar-refractivity contribution in [3.05, 3.63) is 65.3 Å². The van der Waals surface area contributed by atoms with Gasteiger partial charge in [0.2, 0.25) is 0 Å². The van der Waals surface area contributed by atoms with Gasteiger partial charge in [0, 0.05) is 6.20 Å². The van der Waals surface area contributed by atoms with E-state index in [9.17, 15) is 22.8 Å². The molecule has 2 rings (SSSR count). The summed E-state index contributed by atoms with van der Waals surface area (Å²) in [5.41, 5.74) is -1.79. The van der Waals surface area contributed by atoms with Crippen LogP contribution in [0.2, 0.25) is 0 Å². The maximum atomic E-state index is 13.9. The van der Waals surface area contributed by atoms with Crippen molar-refractivity contribution in [2.24, 2.45) is 0 Å². The number of methoxy groups -OCH3 is 2. The Kier molecular flexibility index (Phi) is 5.63. The van der Waals surface area contributed by atoms with E-state index < -0.39 is 29.7 Å². The van der Waals surface area contributed by atoms with Gasteiger partial charge in [0.05, 0.1) is 31.0 Å². The summed E-state index contributed by atoms with van der Waals surface area (Å²) in [7, 11) is 2.17. The van der Waals surface area contributed by atoms with Gasteiger partial charge < -0.3 is 14.4 Å². The molecule has 0 spiro atoms. The van der Waals surface area contributed by atoms with Gasteiger partial charge in [0.15, 0.2) is 0 Å². The molecule has 8 heteroatoms. The van der Waals surface area contributed by atoms with Gasteiger partial charge in [-0.05, 0) is 24.3 Å². The standard InChI is InChI=1S/C17H14F3NO4/c1-24-16(22)10-6-3-4-9-21(14(10)17(23)25-2)12-8-5-7-11(18)13(12)15(19)20/h3-9,15H,1-2H3. The monoisotopic (exact) mass is 353 g/mol. The first kappa shape index (κ1) is 18.3. The van der Waals surface area contributed by atoms with Gasteiger partial charge in [-0.15, -0.1) is 0 Å². The third-order valence-corrected chi connectivity index (χ3v) is 3.40. The fraction of sp³-hybridized carbons (Fsp3) is 0.176. The van der Waals surface area contributed by atoms with Crippen molar-refractivity contribution in [1.82, 2.24) is 0 Å². The Morgan fingerprint density at radius 3 is 2.36 bits per heavy atom. The number of anilines is 1. The van der Waals surface area contributed by atoms with Crippen LogP contribution in [0.3, 0.4) is 0 Å². The number of hydrogen-bond acceptors (Lipinski definition) is 5. The molecule has 0 unspecified atom stereocenters. The Morgan fingerprint density at radius 1 is 1.08 bits per heavy atom. The van der Waals surface area contributed by atoms with Gasteiger partial charge in [-0.1, -0.05) is 12.1 Å². The van der Waals surface area contributed by atoms with E-state index in [2.05, 4.69) is 9.47 Å². The third-order valence-electron chi connectivity index (χ3n) is 3.40. The van der Waals surface area contributed by atoms with Gasteiger partial charge >= 0.3 is 11.9 Å². The fourth-order valence-corrected chi connectivity index (χ4v) is 2.30. The van der Waals surface area contributed by atoms with Crippen molar-refractivity contribution in [2.45, 2.75) is 6.43 Å². The molecule has 0 radical (unpaired) electrons. The van der Waals surface area contributed by atoms with Crippen LogP contribution >= 0.6 is 0 Å². The minimum absolute atomic E-state index is 0.219. The van der Waals surface area contributed by atoms with Crippen molar-refractivity contribution in [2.75, 3.05) is 19.1 Å². The quantitative estimate of drug-likeness (QED) is 0.778. The van der Waals surface area contributed by atoms with Crippen molar-refractivity contribution in [3.63, 3.8) is 0 Å². The van der Waals surface area contributed by atoms with E-state index >= 15 is 0 Å². The van der Waals surface area contributed by atoms with Crippen LogP contribution in [0, 0.1) is 5.82 Å². The Morgan fingerprint density at radius 2 is 1.76 bits per heavy atom. The summed E-state index contributed by atoms with van der Waals surface area (Å²) in [6, 6.07) is 3.31. The lowest BCUT2D eigenvalue weighted by atomic mass is 10.1. The predicted octanol–water partition coefficient (Wildman–Crippen LogP) is 3.25. The van der Waals surface area contributed by atoms with Crippen molar-refractivity contribution in [3.8, 4) is 0 Å². The zero-order valence-corrected chi connectivity index (χ0v) is 13.3. The zero-order chi connectivity index (χ0) is 18.6. The minimum Gasteiger partial charge on any atom is -0.465 e. The molecule has 0 saturated carbocycles. The highest BCUT2D eigenvalue weighted by atomic mass is 19.3. The summed E-state index contributed by atoms with van der Waals surface area (Å²) in [6.07, 6.45) is 2.20. The van der Waals surface area contributed by atoms with E-state index in [1.54, 1.807) is 0 Å². The molecular formula is C17H14F3NO4. The summed E-state index contributed by atoms with van der Waals surface area (Å²) in [5.74, 6) is -2.98. The number of esters is 2. The van der Waals surface area contributed by atoms with E-state index in [4.69, 9.17) is 0 Å². The molecule has 1 heterocycles. The summed E-state index contributed by atoms with van der Waals surface area (Å²) in [6.45, 7) is 0.